The summed E-state index contributed by atoms with van der Waals surface area (Å²) in [5.74, 6) is 1.67. The summed E-state index contributed by atoms with van der Waals surface area (Å²) in [5.41, 5.74) is 1.42. The van der Waals surface area contributed by atoms with Crippen molar-refractivity contribution in [3.8, 4) is 0 Å². The molecule has 0 radical (unpaired) electrons. The molecule has 1 saturated heterocycles. The second-order valence-corrected chi connectivity index (χ2v) is 7.99. The van der Waals surface area contributed by atoms with Crippen LogP contribution in [0.15, 0.2) is 0 Å². The van der Waals surface area contributed by atoms with Gasteiger partial charge in [-0.2, -0.15) is 0 Å². The van der Waals surface area contributed by atoms with Crippen LogP contribution >= 0.6 is 11.3 Å². The summed E-state index contributed by atoms with van der Waals surface area (Å²) in [6.45, 7) is 11.6. The third-order valence-electron chi connectivity index (χ3n) is 5.20. The average molecular weight is 308 g/mol. The highest BCUT2D eigenvalue weighted by atomic mass is 32.1. The molecule has 4 heteroatoms. The Morgan fingerprint density at radius 3 is 2.76 bits per heavy atom. The van der Waals surface area contributed by atoms with E-state index >= 15 is 0 Å². The molecule has 1 aliphatic heterocycles. The minimum Gasteiger partial charge on any atom is -0.314 e. The smallest absolute Gasteiger partial charge is 0.110 e. The second-order valence-electron chi connectivity index (χ2n) is 6.88. The molecule has 2 heterocycles. The van der Waals surface area contributed by atoms with E-state index in [1.165, 1.54) is 36.4 Å². The van der Waals surface area contributed by atoms with Crippen molar-refractivity contribution in [2.75, 3.05) is 26.2 Å². The average Bonchev–Trinajstić information content (AvgIpc) is 2.91. The Hall–Kier alpha value is -0.450. The van der Waals surface area contributed by atoms with E-state index in [-0.39, 0.29) is 0 Å². The van der Waals surface area contributed by atoms with Gasteiger partial charge in [-0.15, -0.1) is 11.3 Å². The third kappa shape index (κ3) is 3.33. The maximum Gasteiger partial charge on any atom is 0.110 e. The van der Waals surface area contributed by atoms with Crippen LogP contribution in [0.1, 0.15) is 55.2 Å². The van der Waals surface area contributed by atoms with E-state index in [4.69, 9.17) is 4.98 Å². The van der Waals surface area contributed by atoms with Gasteiger partial charge < -0.3 is 5.32 Å². The Kier molecular flexibility index (Phi) is 4.97. The molecule has 1 aromatic rings. The highest BCUT2D eigenvalue weighted by Crippen LogP contribution is 2.37. The third-order valence-corrected chi connectivity index (χ3v) is 6.42. The summed E-state index contributed by atoms with van der Waals surface area (Å²) in [6, 6.07) is 0.542. The molecule has 3 nitrogen and oxygen atoms in total. The van der Waals surface area contributed by atoms with E-state index in [9.17, 15) is 0 Å². The van der Waals surface area contributed by atoms with Crippen LogP contribution in [-0.4, -0.2) is 36.1 Å². The van der Waals surface area contributed by atoms with Gasteiger partial charge in [-0.05, 0) is 37.5 Å². The van der Waals surface area contributed by atoms with E-state index in [1.54, 1.807) is 4.88 Å². The fraction of sp³-hybridized carbons (Fsp3) is 0.824. The van der Waals surface area contributed by atoms with Crippen LogP contribution in [0, 0.1) is 11.8 Å². The lowest BCUT2D eigenvalue weighted by Gasteiger charge is -2.33. The number of aromatic nitrogens is 1. The predicted molar refractivity (Wildman–Crippen MR) is 89.9 cm³/mol. The van der Waals surface area contributed by atoms with Crippen molar-refractivity contribution in [3.63, 3.8) is 0 Å². The number of hydrogen-bond acceptors (Lipinski definition) is 4. The first-order valence-electron chi connectivity index (χ1n) is 8.62. The number of piperazine rings is 1. The van der Waals surface area contributed by atoms with Crippen LogP contribution in [0.2, 0.25) is 0 Å². The summed E-state index contributed by atoms with van der Waals surface area (Å²) in [4.78, 5) is 9.26. The summed E-state index contributed by atoms with van der Waals surface area (Å²) in [6.07, 6.45) is 4.98. The quantitative estimate of drug-likeness (QED) is 0.925. The van der Waals surface area contributed by atoms with Crippen LogP contribution in [0.4, 0.5) is 0 Å². The first-order chi connectivity index (χ1) is 10.2. The van der Waals surface area contributed by atoms with Crippen molar-refractivity contribution in [2.45, 2.75) is 52.5 Å². The van der Waals surface area contributed by atoms with E-state index in [0.29, 0.717) is 6.04 Å². The minimum atomic E-state index is 0.542. The molecule has 21 heavy (non-hydrogen) atoms. The molecule has 1 aromatic heterocycles. The zero-order valence-corrected chi connectivity index (χ0v) is 14.5. The fourth-order valence-corrected chi connectivity index (χ4v) is 5.14. The van der Waals surface area contributed by atoms with Crippen LogP contribution in [0.25, 0.3) is 0 Å². The number of nitrogens with zero attached hydrogens (tertiary/aromatic N) is 2. The lowest BCUT2D eigenvalue weighted by molar-refractivity contribution is 0.169. The molecule has 3 rings (SSSR count). The number of rotatable bonds is 4. The summed E-state index contributed by atoms with van der Waals surface area (Å²) in [7, 11) is 0. The lowest BCUT2D eigenvalue weighted by Crippen LogP contribution is -2.45. The largest absolute Gasteiger partial charge is 0.314 e. The van der Waals surface area contributed by atoms with Crippen molar-refractivity contribution >= 4 is 11.3 Å². The minimum absolute atomic E-state index is 0.542. The molecule has 0 bridgehead atoms. The summed E-state index contributed by atoms with van der Waals surface area (Å²) >= 11 is 2.01. The molecule has 1 fully saturated rings. The number of fused-ring (bicyclic) bond motifs is 1. The molecule has 2 aliphatic rings. The fourth-order valence-electron chi connectivity index (χ4n) is 3.71. The maximum atomic E-state index is 5.05. The maximum absolute atomic E-state index is 5.05. The number of aryl methyl sites for hydroxylation is 1. The molecular formula is C17H29N3S. The van der Waals surface area contributed by atoms with E-state index < -0.39 is 0 Å². The second kappa shape index (κ2) is 6.76. The van der Waals surface area contributed by atoms with Gasteiger partial charge in [-0.25, -0.2) is 4.98 Å². The standard InChI is InChI=1S/C17H29N3S/c1-4-15(20-9-7-18-8-10-20)17-19-14-6-5-13(12(2)3)11-16(14)21-17/h12-13,15,18H,4-11H2,1-3H3. The van der Waals surface area contributed by atoms with Crippen LogP contribution < -0.4 is 5.32 Å². The van der Waals surface area contributed by atoms with Crippen LogP contribution in [-0.2, 0) is 12.8 Å². The van der Waals surface area contributed by atoms with Gasteiger partial charge >= 0.3 is 0 Å². The van der Waals surface area contributed by atoms with Crippen molar-refractivity contribution in [1.82, 2.24) is 15.2 Å². The molecule has 118 valence electrons. The number of thiazole rings is 1. The van der Waals surface area contributed by atoms with Gasteiger partial charge in [-0.3, -0.25) is 4.90 Å². The van der Waals surface area contributed by atoms with E-state index in [2.05, 4.69) is 31.0 Å². The van der Waals surface area contributed by atoms with Gasteiger partial charge in [-0.1, -0.05) is 20.8 Å². The molecule has 0 amide bonds. The molecule has 1 aliphatic carbocycles. The van der Waals surface area contributed by atoms with Gasteiger partial charge in [0.05, 0.1) is 11.7 Å². The van der Waals surface area contributed by atoms with Gasteiger partial charge in [0.1, 0.15) is 5.01 Å². The Labute approximate surface area is 133 Å². The molecule has 0 aromatic carbocycles. The van der Waals surface area contributed by atoms with Crippen molar-refractivity contribution in [3.05, 3.63) is 15.6 Å². The SMILES string of the molecule is CCC(c1nc2c(s1)CC(C(C)C)CC2)N1CCNCC1. The molecule has 0 saturated carbocycles. The Morgan fingerprint density at radius 2 is 2.10 bits per heavy atom. The van der Waals surface area contributed by atoms with Gasteiger partial charge in [0.15, 0.2) is 0 Å². The van der Waals surface area contributed by atoms with Crippen molar-refractivity contribution in [2.24, 2.45) is 11.8 Å². The lowest BCUT2D eigenvalue weighted by atomic mass is 9.83. The Balaban J connectivity index is 1.76. The Morgan fingerprint density at radius 1 is 1.33 bits per heavy atom. The molecular weight excluding hydrogens is 278 g/mol. The van der Waals surface area contributed by atoms with Gasteiger partial charge in [0, 0.05) is 31.1 Å². The Bertz CT molecular complexity index is 463. The topological polar surface area (TPSA) is 28.2 Å². The first-order valence-corrected chi connectivity index (χ1v) is 9.44. The first kappa shape index (κ1) is 15.4. The normalized spacial score (nSPS) is 25.0. The molecule has 0 spiro atoms. The highest BCUT2D eigenvalue weighted by Gasteiger charge is 2.28. The van der Waals surface area contributed by atoms with Crippen LogP contribution in [0.5, 0.6) is 0 Å². The van der Waals surface area contributed by atoms with E-state index in [1.807, 2.05) is 11.3 Å². The van der Waals surface area contributed by atoms with Crippen LogP contribution in [0.3, 0.4) is 0 Å². The van der Waals surface area contributed by atoms with Gasteiger partial charge in [0.25, 0.3) is 0 Å². The number of nitrogens with one attached hydrogen (secondary N) is 1. The molecule has 2 unspecified atom stereocenters. The summed E-state index contributed by atoms with van der Waals surface area (Å²) in [5, 5.41) is 4.84. The molecule has 2 atom stereocenters. The van der Waals surface area contributed by atoms with Crippen molar-refractivity contribution < 1.29 is 0 Å². The zero-order chi connectivity index (χ0) is 14.8. The van der Waals surface area contributed by atoms with E-state index in [0.717, 1.165) is 38.0 Å². The van der Waals surface area contributed by atoms with Crippen molar-refractivity contribution in [1.29, 1.82) is 0 Å². The number of hydrogen-bond donors (Lipinski definition) is 1. The zero-order valence-electron chi connectivity index (χ0n) is 13.7. The summed E-state index contributed by atoms with van der Waals surface area (Å²) < 4.78 is 0. The molecule has 1 N–H and O–H groups in total. The monoisotopic (exact) mass is 307 g/mol. The highest BCUT2D eigenvalue weighted by molar-refractivity contribution is 7.11. The predicted octanol–water partition coefficient (Wildman–Crippen LogP) is 3.26. The van der Waals surface area contributed by atoms with Gasteiger partial charge in [0.2, 0.25) is 0 Å².